The van der Waals surface area contributed by atoms with E-state index in [9.17, 15) is 4.79 Å². The fourth-order valence-electron chi connectivity index (χ4n) is 3.52. The fraction of sp³-hybridized carbons (Fsp3) is 0.261. The molecule has 4 rings (SSSR count). The van der Waals surface area contributed by atoms with Gasteiger partial charge in [-0.05, 0) is 56.4 Å². The molecule has 0 atom stereocenters. The number of nitrogens with one attached hydrogen (secondary N) is 2. The van der Waals surface area contributed by atoms with Crippen LogP contribution in [0.4, 0.5) is 11.4 Å². The van der Waals surface area contributed by atoms with Gasteiger partial charge in [0.05, 0.1) is 23.1 Å². The maximum atomic E-state index is 12.3. The molecule has 5 nitrogen and oxygen atoms in total. The zero-order valence-corrected chi connectivity index (χ0v) is 15.8. The summed E-state index contributed by atoms with van der Waals surface area (Å²) in [6, 6.07) is 13.6. The van der Waals surface area contributed by atoms with Gasteiger partial charge < -0.3 is 10.6 Å². The lowest BCUT2D eigenvalue weighted by molar-refractivity contribution is 0.0949. The number of amides is 1. The molecule has 0 saturated heterocycles. The number of para-hydroxylation sites is 1. The van der Waals surface area contributed by atoms with Crippen molar-refractivity contribution in [3.05, 3.63) is 72.2 Å². The van der Waals surface area contributed by atoms with Gasteiger partial charge in [-0.3, -0.25) is 9.78 Å². The molecule has 0 radical (unpaired) electrons. The Bertz CT molecular complexity index is 990. The molecule has 142 valence electrons. The van der Waals surface area contributed by atoms with Crippen LogP contribution in [0, 0.1) is 0 Å². The topological polar surface area (TPSA) is 66.9 Å². The Morgan fingerprint density at radius 1 is 1.04 bits per heavy atom. The van der Waals surface area contributed by atoms with Crippen LogP contribution in [-0.4, -0.2) is 22.4 Å². The van der Waals surface area contributed by atoms with Crippen molar-refractivity contribution in [2.45, 2.75) is 32.1 Å². The second-order valence-corrected chi connectivity index (χ2v) is 7.05. The van der Waals surface area contributed by atoms with Crippen LogP contribution in [0.25, 0.3) is 10.9 Å². The highest BCUT2D eigenvalue weighted by Crippen LogP contribution is 2.24. The first-order valence-electron chi connectivity index (χ1n) is 9.82. The Morgan fingerprint density at radius 3 is 2.79 bits per heavy atom. The third-order valence-corrected chi connectivity index (χ3v) is 5.02. The molecule has 1 amide bonds. The van der Waals surface area contributed by atoms with Gasteiger partial charge in [0.2, 0.25) is 0 Å². The summed E-state index contributed by atoms with van der Waals surface area (Å²) in [4.78, 5) is 21.1. The van der Waals surface area contributed by atoms with Crippen molar-refractivity contribution in [2.24, 2.45) is 0 Å². The van der Waals surface area contributed by atoms with E-state index < -0.39 is 0 Å². The molecule has 2 N–H and O–H groups in total. The molecule has 3 aromatic rings. The highest BCUT2D eigenvalue weighted by atomic mass is 16.1. The number of hydrogen-bond acceptors (Lipinski definition) is 4. The lowest BCUT2D eigenvalue weighted by Gasteiger charge is -2.13. The van der Waals surface area contributed by atoms with Crippen molar-refractivity contribution in [3.8, 4) is 0 Å². The highest BCUT2D eigenvalue weighted by Gasteiger charge is 2.09. The number of allylic oxidation sites excluding steroid dienone is 1. The number of fused-ring (bicyclic) bond motifs is 1. The summed E-state index contributed by atoms with van der Waals surface area (Å²) < 4.78 is 0. The van der Waals surface area contributed by atoms with E-state index >= 15 is 0 Å². The summed E-state index contributed by atoms with van der Waals surface area (Å²) >= 11 is 0. The maximum Gasteiger partial charge on any atom is 0.269 e. The summed E-state index contributed by atoms with van der Waals surface area (Å²) in [5.41, 5.74) is 4.53. The number of rotatable bonds is 6. The molecular formula is C23H24N4O. The van der Waals surface area contributed by atoms with E-state index in [2.05, 4.69) is 26.7 Å². The van der Waals surface area contributed by atoms with E-state index in [4.69, 9.17) is 0 Å². The number of anilines is 2. The Morgan fingerprint density at radius 2 is 1.96 bits per heavy atom. The summed E-state index contributed by atoms with van der Waals surface area (Å²) in [5, 5.41) is 7.38. The first kappa shape index (κ1) is 18.2. The second kappa shape index (κ2) is 8.65. The van der Waals surface area contributed by atoms with Crippen molar-refractivity contribution in [1.29, 1.82) is 0 Å². The van der Waals surface area contributed by atoms with Crippen LogP contribution in [-0.2, 0) is 0 Å². The van der Waals surface area contributed by atoms with Crippen molar-refractivity contribution in [3.63, 3.8) is 0 Å². The van der Waals surface area contributed by atoms with E-state index in [1.54, 1.807) is 18.5 Å². The van der Waals surface area contributed by atoms with E-state index in [1.165, 1.54) is 24.8 Å². The average Bonchev–Trinajstić information content (AvgIpc) is 2.75. The Labute approximate surface area is 164 Å². The van der Waals surface area contributed by atoms with Gasteiger partial charge in [-0.1, -0.05) is 29.8 Å². The molecule has 1 aliphatic carbocycles. The molecule has 1 aliphatic rings. The molecule has 0 fully saturated rings. The predicted molar refractivity (Wildman–Crippen MR) is 113 cm³/mol. The predicted octanol–water partition coefficient (Wildman–Crippen LogP) is 4.99. The first-order valence-corrected chi connectivity index (χ1v) is 9.82. The van der Waals surface area contributed by atoms with Crippen LogP contribution < -0.4 is 10.6 Å². The Balaban J connectivity index is 1.36. The number of benzene rings is 1. The molecule has 1 aromatic carbocycles. The van der Waals surface area contributed by atoms with Crippen molar-refractivity contribution in [1.82, 2.24) is 15.3 Å². The van der Waals surface area contributed by atoms with Gasteiger partial charge in [0.25, 0.3) is 5.91 Å². The van der Waals surface area contributed by atoms with Gasteiger partial charge in [-0.15, -0.1) is 0 Å². The molecule has 28 heavy (non-hydrogen) atoms. The zero-order chi connectivity index (χ0) is 19.2. The average molecular weight is 372 g/mol. The molecule has 5 heteroatoms. The van der Waals surface area contributed by atoms with Crippen LogP contribution in [0.5, 0.6) is 0 Å². The molecule has 0 bridgehead atoms. The molecule has 2 heterocycles. The number of carbonyl (C=O) groups is 1. The minimum Gasteiger partial charge on any atom is -0.352 e. The Kier molecular flexibility index (Phi) is 5.61. The fourth-order valence-corrected chi connectivity index (χ4v) is 3.52. The monoisotopic (exact) mass is 372 g/mol. The first-order chi connectivity index (χ1) is 13.8. The third-order valence-electron chi connectivity index (χ3n) is 5.02. The number of hydrogen-bond donors (Lipinski definition) is 2. The van der Waals surface area contributed by atoms with E-state index in [0.717, 1.165) is 35.1 Å². The van der Waals surface area contributed by atoms with Crippen LogP contribution >= 0.6 is 0 Å². The van der Waals surface area contributed by atoms with Gasteiger partial charge in [0.1, 0.15) is 5.69 Å². The van der Waals surface area contributed by atoms with Crippen LogP contribution in [0.2, 0.25) is 0 Å². The minimum atomic E-state index is -0.130. The molecule has 0 unspecified atom stereocenters. The normalized spacial score (nSPS) is 13.8. The molecule has 0 aliphatic heterocycles. The lowest BCUT2D eigenvalue weighted by Crippen LogP contribution is -2.25. The number of aromatic nitrogens is 2. The summed E-state index contributed by atoms with van der Waals surface area (Å²) in [7, 11) is 0. The molecular weight excluding hydrogens is 348 g/mol. The van der Waals surface area contributed by atoms with E-state index in [0.29, 0.717) is 12.2 Å². The highest BCUT2D eigenvalue weighted by molar-refractivity contribution is 5.93. The van der Waals surface area contributed by atoms with Gasteiger partial charge in [-0.25, -0.2) is 4.98 Å². The quantitative estimate of drug-likeness (QED) is 0.598. The van der Waals surface area contributed by atoms with Crippen LogP contribution in [0.3, 0.4) is 0 Å². The van der Waals surface area contributed by atoms with Crippen LogP contribution in [0.1, 0.15) is 42.6 Å². The van der Waals surface area contributed by atoms with Crippen LogP contribution in [0.15, 0.2) is 66.5 Å². The molecule has 0 saturated carbocycles. The van der Waals surface area contributed by atoms with Crippen molar-refractivity contribution >= 4 is 28.2 Å². The van der Waals surface area contributed by atoms with E-state index in [-0.39, 0.29) is 5.91 Å². The van der Waals surface area contributed by atoms with Gasteiger partial charge in [-0.2, -0.15) is 0 Å². The Hall–Kier alpha value is -3.21. The van der Waals surface area contributed by atoms with Crippen molar-refractivity contribution in [2.75, 3.05) is 11.9 Å². The minimum absolute atomic E-state index is 0.130. The van der Waals surface area contributed by atoms with Gasteiger partial charge in [0, 0.05) is 18.1 Å². The molecule has 2 aromatic heterocycles. The van der Waals surface area contributed by atoms with Crippen molar-refractivity contribution < 1.29 is 4.79 Å². The zero-order valence-electron chi connectivity index (χ0n) is 15.8. The standard InChI is InChI=1S/C23H24N4O/c28-23(25-15-13-17-6-2-1-3-7-17)21-12-11-19(16-26-21)27-20-10-4-8-18-9-5-14-24-22(18)20/h4-6,8-12,14,16,27H,1-3,7,13,15H2,(H,25,28). The number of carbonyl (C=O) groups excluding carboxylic acids is 1. The third kappa shape index (κ3) is 4.36. The van der Waals surface area contributed by atoms with Gasteiger partial charge >= 0.3 is 0 Å². The second-order valence-electron chi connectivity index (χ2n) is 7.05. The smallest absolute Gasteiger partial charge is 0.269 e. The lowest BCUT2D eigenvalue weighted by atomic mass is 9.97. The summed E-state index contributed by atoms with van der Waals surface area (Å²) in [5.74, 6) is -0.130. The largest absolute Gasteiger partial charge is 0.352 e. The SMILES string of the molecule is O=C(NCCC1=CCCCC1)c1ccc(Nc2cccc3cccnc23)cn1. The maximum absolute atomic E-state index is 12.3. The number of nitrogens with zero attached hydrogens (tertiary/aromatic N) is 2. The summed E-state index contributed by atoms with van der Waals surface area (Å²) in [6.45, 7) is 0.661. The molecule has 0 spiro atoms. The summed E-state index contributed by atoms with van der Waals surface area (Å²) in [6.07, 6.45) is 11.6. The van der Waals surface area contributed by atoms with Gasteiger partial charge in [0.15, 0.2) is 0 Å². The van der Waals surface area contributed by atoms with E-state index in [1.807, 2.05) is 36.4 Å². The number of pyridine rings is 2.